The second-order valence-corrected chi connectivity index (χ2v) is 8.13. The lowest BCUT2D eigenvalue weighted by atomic mass is 10.1. The number of ketones is 1. The molecule has 2 aromatic carbocycles. The first-order chi connectivity index (χ1) is 14.1. The summed E-state index contributed by atoms with van der Waals surface area (Å²) >= 11 is 1.41. The number of rotatable bonds is 9. The van der Waals surface area contributed by atoms with Crippen molar-refractivity contribution < 1.29 is 14.6 Å². The summed E-state index contributed by atoms with van der Waals surface area (Å²) in [5, 5.41) is 15.4. The van der Waals surface area contributed by atoms with E-state index in [0.717, 1.165) is 16.7 Å². The van der Waals surface area contributed by atoms with E-state index in [0.29, 0.717) is 28.3 Å². The highest BCUT2D eigenvalue weighted by atomic mass is 32.2. The van der Waals surface area contributed by atoms with Gasteiger partial charge in [0, 0.05) is 22.7 Å². The van der Waals surface area contributed by atoms with Gasteiger partial charge < -0.3 is 15.2 Å². The first kappa shape index (κ1) is 19.7. The van der Waals surface area contributed by atoms with Crippen molar-refractivity contribution in [1.82, 2.24) is 9.97 Å². The van der Waals surface area contributed by atoms with Crippen molar-refractivity contribution in [2.45, 2.75) is 37.1 Å². The molecule has 4 rings (SSSR count). The lowest BCUT2D eigenvalue weighted by Crippen LogP contribution is -2.20. The number of carbonyl (C=O) groups is 1. The first-order valence-electron chi connectivity index (χ1n) is 9.66. The molecule has 2 N–H and O–H groups in total. The van der Waals surface area contributed by atoms with Gasteiger partial charge in [-0.3, -0.25) is 4.79 Å². The van der Waals surface area contributed by atoms with Gasteiger partial charge in [0.2, 0.25) is 0 Å². The Morgan fingerprint density at radius 2 is 1.97 bits per heavy atom. The van der Waals surface area contributed by atoms with Gasteiger partial charge >= 0.3 is 0 Å². The molecule has 0 unspecified atom stereocenters. The molecule has 0 radical (unpaired) electrons. The molecule has 1 aromatic heterocycles. The SMILES string of the molecule is CC(=O)c1ccc(OC[C@@H](O)CSc2nc(NC3CC3)c3ccccc3n2)cc1. The van der Waals surface area contributed by atoms with Gasteiger partial charge in [0.15, 0.2) is 10.9 Å². The van der Waals surface area contributed by atoms with E-state index in [4.69, 9.17) is 4.74 Å². The number of thioether (sulfide) groups is 1. The maximum absolute atomic E-state index is 11.3. The fourth-order valence-electron chi connectivity index (χ4n) is 2.85. The standard InChI is InChI=1S/C22H23N3O3S/c1-14(26)15-6-10-18(11-7-15)28-12-17(27)13-29-22-24-20-5-3-2-4-19(20)21(25-22)23-16-8-9-16/h2-7,10-11,16-17,27H,8-9,12-13H2,1H3,(H,23,24,25)/t17-/m1/s1. The van der Waals surface area contributed by atoms with Crippen LogP contribution in [0.25, 0.3) is 10.9 Å². The van der Waals surface area contributed by atoms with E-state index in [1.165, 1.54) is 31.5 Å². The molecule has 29 heavy (non-hydrogen) atoms. The van der Waals surface area contributed by atoms with Gasteiger partial charge in [-0.1, -0.05) is 23.9 Å². The van der Waals surface area contributed by atoms with Crippen LogP contribution in [-0.2, 0) is 0 Å². The monoisotopic (exact) mass is 409 g/mol. The predicted molar refractivity (Wildman–Crippen MR) is 115 cm³/mol. The molecule has 0 bridgehead atoms. The Morgan fingerprint density at radius 1 is 1.21 bits per heavy atom. The first-order valence-corrected chi connectivity index (χ1v) is 10.6. The average molecular weight is 410 g/mol. The second-order valence-electron chi connectivity index (χ2n) is 7.15. The minimum atomic E-state index is -0.664. The van der Waals surface area contributed by atoms with E-state index in [1.54, 1.807) is 24.3 Å². The number of benzene rings is 2. The van der Waals surface area contributed by atoms with Crippen molar-refractivity contribution in [3.05, 3.63) is 54.1 Å². The Morgan fingerprint density at radius 3 is 2.69 bits per heavy atom. The number of aromatic nitrogens is 2. The maximum atomic E-state index is 11.3. The Kier molecular flexibility index (Phi) is 5.97. The summed E-state index contributed by atoms with van der Waals surface area (Å²) in [4.78, 5) is 20.6. The van der Waals surface area contributed by atoms with Crippen LogP contribution in [0.3, 0.4) is 0 Å². The number of carbonyl (C=O) groups excluding carboxylic acids is 1. The molecule has 0 amide bonds. The number of ether oxygens (including phenoxy) is 1. The number of Topliss-reactive ketones (excluding diaryl/α,β-unsaturated/α-hetero) is 1. The van der Waals surface area contributed by atoms with Gasteiger partial charge in [0.05, 0.1) is 11.6 Å². The zero-order chi connectivity index (χ0) is 20.2. The van der Waals surface area contributed by atoms with Crippen LogP contribution in [0, 0.1) is 0 Å². The zero-order valence-electron chi connectivity index (χ0n) is 16.2. The summed E-state index contributed by atoms with van der Waals surface area (Å²) in [7, 11) is 0. The lowest BCUT2D eigenvalue weighted by molar-refractivity contribution is 0.101. The fourth-order valence-corrected chi connectivity index (χ4v) is 3.60. The molecule has 1 atom stereocenters. The van der Waals surface area contributed by atoms with Gasteiger partial charge in [-0.2, -0.15) is 0 Å². The molecule has 0 saturated heterocycles. The number of aliphatic hydroxyl groups excluding tert-OH is 1. The molecule has 3 aromatic rings. The Balaban J connectivity index is 1.35. The Labute approximate surface area is 173 Å². The van der Waals surface area contributed by atoms with E-state index in [2.05, 4.69) is 15.3 Å². The predicted octanol–water partition coefficient (Wildman–Crippen LogP) is 3.94. The highest BCUT2D eigenvalue weighted by Gasteiger charge is 2.23. The van der Waals surface area contributed by atoms with Crippen molar-refractivity contribution >= 4 is 34.3 Å². The summed E-state index contributed by atoms with van der Waals surface area (Å²) in [6, 6.07) is 15.4. The smallest absolute Gasteiger partial charge is 0.190 e. The number of nitrogens with one attached hydrogen (secondary N) is 1. The number of fused-ring (bicyclic) bond motifs is 1. The molecule has 1 fully saturated rings. The molecule has 1 aliphatic rings. The Bertz CT molecular complexity index is 1010. The van der Waals surface area contributed by atoms with Crippen molar-refractivity contribution in [3.8, 4) is 5.75 Å². The largest absolute Gasteiger partial charge is 0.491 e. The third kappa shape index (κ3) is 5.25. The number of para-hydroxylation sites is 1. The van der Waals surface area contributed by atoms with Crippen molar-refractivity contribution in [2.75, 3.05) is 17.7 Å². The third-order valence-corrected chi connectivity index (χ3v) is 5.60. The molecule has 0 aliphatic heterocycles. The molecular weight excluding hydrogens is 386 g/mol. The van der Waals surface area contributed by atoms with Gasteiger partial charge in [0.25, 0.3) is 0 Å². The minimum Gasteiger partial charge on any atom is -0.491 e. The topological polar surface area (TPSA) is 84.3 Å². The van der Waals surface area contributed by atoms with E-state index >= 15 is 0 Å². The van der Waals surface area contributed by atoms with E-state index < -0.39 is 6.10 Å². The number of anilines is 1. The highest BCUT2D eigenvalue weighted by molar-refractivity contribution is 7.99. The maximum Gasteiger partial charge on any atom is 0.190 e. The normalized spacial score (nSPS) is 14.6. The van der Waals surface area contributed by atoms with Crippen molar-refractivity contribution in [3.63, 3.8) is 0 Å². The van der Waals surface area contributed by atoms with E-state index in [1.807, 2.05) is 24.3 Å². The second kappa shape index (κ2) is 8.80. The van der Waals surface area contributed by atoms with Gasteiger partial charge in [-0.05, 0) is 56.2 Å². The zero-order valence-corrected chi connectivity index (χ0v) is 17.0. The van der Waals surface area contributed by atoms with Crippen LogP contribution in [-0.4, -0.2) is 45.4 Å². The minimum absolute atomic E-state index is 0.0129. The van der Waals surface area contributed by atoms with Crippen LogP contribution >= 0.6 is 11.8 Å². The van der Waals surface area contributed by atoms with Crippen molar-refractivity contribution in [1.29, 1.82) is 0 Å². The van der Waals surface area contributed by atoms with Crippen LogP contribution in [0.1, 0.15) is 30.1 Å². The summed E-state index contributed by atoms with van der Waals surface area (Å²) in [5.74, 6) is 1.92. The van der Waals surface area contributed by atoms with Crippen LogP contribution in [0.4, 0.5) is 5.82 Å². The van der Waals surface area contributed by atoms with Gasteiger partial charge in [0.1, 0.15) is 18.2 Å². The summed E-state index contributed by atoms with van der Waals surface area (Å²) in [5.41, 5.74) is 1.53. The third-order valence-electron chi connectivity index (χ3n) is 4.61. The molecule has 6 nitrogen and oxygen atoms in total. The number of hydrogen-bond acceptors (Lipinski definition) is 7. The van der Waals surface area contributed by atoms with Gasteiger partial charge in [-0.15, -0.1) is 0 Å². The lowest BCUT2D eigenvalue weighted by Gasteiger charge is -2.13. The van der Waals surface area contributed by atoms with Crippen LogP contribution in [0.2, 0.25) is 0 Å². The average Bonchev–Trinajstić information content (AvgIpc) is 3.55. The fraction of sp³-hybridized carbons (Fsp3) is 0.318. The number of hydrogen-bond donors (Lipinski definition) is 2. The quantitative estimate of drug-likeness (QED) is 0.315. The Hall–Kier alpha value is -2.64. The summed E-state index contributed by atoms with van der Waals surface area (Å²) in [6.45, 7) is 1.68. The summed E-state index contributed by atoms with van der Waals surface area (Å²) in [6.07, 6.45) is 1.68. The summed E-state index contributed by atoms with van der Waals surface area (Å²) < 4.78 is 5.62. The molecule has 7 heteroatoms. The van der Waals surface area contributed by atoms with Crippen molar-refractivity contribution in [2.24, 2.45) is 0 Å². The molecule has 150 valence electrons. The van der Waals surface area contributed by atoms with E-state index in [9.17, 15) is 9.90 Å². The highest BCUT2D eigenvalue weighted by Crippen LogP contribution is 2.30. The molecule has 1 heterocycles. The molecule has 1 aliphatic carbocycles. The van der Waals surface area contributed by atoms with Gasteiger partial charge in [-0.25, -0.2) is 9.97 Å². The van der Waals surface area contributed by atoms with Crippen LogP contribution in [0.5, 0.6) is 5.75 Å². The molecule has 1 saturated carbocycles. The van der Waals surface area contributed by atoms with Crippen LogP contribution in [0.15, 0.2) is 53.7 Å². The number of nitrogens with zero attached hydrogens (tertiary/aromatic N) is 2. The molecular formula is C22H23N3O3S. The number of aliphatic hydroxyl groups is 1. The molecule has 0 spiro atoms. The van der Waals surface area contributed by atoms with Crippen LogP contribution < -0.4 is 10.1 Å². The van der Waals surface area contributed by atoms with E-state index in [-0.39, 0.29) is 12.4 Å².